The molecule has 0 aliphatic carbocycles. The number of para-hydroxylation sites is 1. The Morgan fingerprint density at radius 2 is 2.00 bits per heavy atom. The molecule has 0 atom stereocenters. The van der Waals surface area contributed by atoms with Crippen LogP contribution in [0.15, 0.2) is 18.2 Å². The Kier molecular flexibility index (Phi) is 5.71. The van der Waals surface area contributed by atoms with Crippen molar-refractivity contribution in [3.05, 3.63) is 29.3 Å². The molecule has 1 rings (SSSR count). The van der Waals surface area contributed by atoms with E-state index < -0.39 is 10.0 Å². The molecule has 1 N–H and O–H groups in total. The van der Waals surface area contributed by atoms with Crippen LogP contribution in [-0.2, 0) is 21.2 Å². The zero-order valence-electron chi connectivity index (χ0n) is 12.4. The third kappa shape index (κ3) is 4.61. The van der Waals surface area contributed by atoms with E-state index in [2.05, 4.69) is 4.72 Å². The molecule has 1 amide bonds. The first-order valence-corrected chi connectivity index (χ1v) is 8.46. The lowest BCUT2D eigenvalue weighted by Gasteiger charge is -2.25. The quantitative estimate of drug-likeness (QED) is 0.864. The molecule has 0 aliphatic heterocycles. The fourth-order valence-corrected chi connectivity index (χ4v) is 2.62. The van der Waals surface area contributed by atoms with E-state index in [4.69, 9.17) is 0 Å². The van der Waals surface area contributed by atoms with Crippen molar-refractivity contribution in [2.75, 3.05) is 24.2 Å². The van der Waals surface area contributed by atoms with Gasteiger partial charge in [-0.05, 0) is 24.5 Å². The minimum absolute atomic E-state index is 0.0932. The van der Waals surface area contributed by atoms with Crippen molar-refractivity contribution >= 4 is 21.6 Å². The van der Waals surface area contributed by atoms with Crippen LogP contribution in [0.5, 0.6) is 0 Å². The summed E-state index contributed by atoms with van der Waals surface area (Å²) in [6.45, 7) is 6.00. The molecular weight excluding hydrogens is 276 g/mol. The van der Waals surface area contributed by atoms with Crippen molar-refractivity contribution in [3.63, 3.8) is 0 Å². The number of carbonyl (C=O) groups is 1. The fraction of sp³-hybridized carbons (Fsp3) is 0.500. The third-order valence-corrected chi connectivity index (χ3v) is 3.78. The molecular formula is C14H22N2O3S. The molecule has 0 spiro atoms. The standard InChI is InChI=1S/C14H22N2O3S/c1-5-13-8-6-7-11(2)14(13)16(12(3)17)10-9-15-20(4,18)19/h6-8,15H,5,9-10H2,1-4H3. The van der Waals surface area contributed by atoms with Crippen molar-refractivity contribution in [1.82, 2.24) is 4.72 Å². The number of anilines is 1. The molecule has 0 saturated heterocycles. The average Bonchev–Trinajstić information content (AvgIpc) is 2.33. The maximum atomic E-state index is 11.9. The van der Waals surface area contributed by atoms with Gasteiger partial charge in [-0.3, -0.25) is 4.79 Å². The van der Waals surface area contributed by atoms with Crippen LogP contribution < -0.4 is 9.62 Å². The lowest BCUT2D eigenvalue weighted by atomic mass is 10.0. The molecule has 0 fully saturated rings. The van der Waals surface area contributed by atoms with Crippen molar-refractivity contribution in [3.8, 4) is 0 Å². The third-order valence-electron chi connectivity index (χ3n) is 3.05. The van der Waals surface area contributed by atoms with Gasteiger partial charge in [-0.25, -0.2) is 13.1 Å². The summed E-state index contributed by atoms with van der Waals surface area (Å²) in [4.78, 5) is 13.5. The van der Waals surface area contributed by atoms with Crippen LogP contribution >= 0.6 is 0 Å². The zero-order valence-corrected chi connectivity index (χ0v) is 13.3. The van der Waals surface area contributed by atoms with Crippen molar-refractivity contribution in [2.24, 2.45) is 0 Å². The summed E-state index contributed by atoms with van der Waals surface area (Å²) in [5.41, 5.74) is 2.98. The van der Waals surface area contributed by atoms with Gasteiger partial charge in [-0.1, -0.05) is 25.1 Å². The Bertz CT molecular complexity index is 582. The molecule has 0 unspecified atom stereocenters. The van der Waals surface area contributed by atoms with Crippen LogP contribution in [0.25, 0.3) is 0 Å². The number of sulfonamides is 1. The smallest absolute Gasteiger partial charge is 0.223 e. The summed E-state index contributed by atoms with van der Waals surface area (Å²) < 4.78 is 24.6. The summed E-state index contributed by atoms with van der Waals surface area (Å²) in [7, 11) is -3.24. The highest BCUT2D eigenvalue weighted by Crippen LogP contribution is 2.25. The lowest BCUT2D eigenvalue weighted by molar-refractivity contribution is -0.116. The molecule has 0 aliphatic rings. The molecule has 0 aromatic heterocycles. The van der Waals surface area contributed by atoms with E-state index in [1.165, 1.54) is 6.92 Å². The Hall–Kier alpha value is -1.40. The number of hydrogen-bond acceptors (Lipinski definition) is 3. The molecule has 0 saturated carbocycles. The molecule has 0 radical (unpaired) electrons. The normalized spacial score (nSPS) is 11.4. The van der Waals surface area contributed by atoms with Gasteiger partial charge >= 0.3 is 0 Å². The van der Waals surface area contributed by atoms with Gasteiger partial charge in [-0.15, -0.1) is 0 Å². The average molecular weight is 298 g/mol. The maximum absolute atomic E-state index is 11.9. The van der Waals surface area contributed by atoms with E-state index in [1.807, 2.05) is 32.0 Å². The summed E-state index contributed by atoms with van der Waals surface area (Å²) in [5, 5.41) is 0. The number of rotatable bonds is 6. The van der Waals surface area contributed by atoms with Gasteiger partial charge in [0.1, 0.15) is 0 Å². The lowest BCUT2D eigenvalue weighted by Crippen LogP contribution is -2.38. The number of nitrogens with one attached hydrogen (secondary N) is 1. The van der Waals surface area contributed by atoms with E-state index in [0.29, 0.717) is 6.54 Å². The molecule has 0 bridgehead atoms. The highest BCUT2D eigenvalue weighted by atomic mass is 32.2. The van der Waals surface area contributed by atoms with Crippen molar-refractivity contribution < 1.29 is 13.2 Å². The second-order valence-corrected chi connectivity index (χ2v) is 6.61. The van der Waals surface area contributed by atoms with Gasteiger partial charge in [0, 0.05) is 25.7 Å². The topological polar surface area (TPSA) is 66.5 Å². The number of carbonyl (C=O) groups excluding carboxylic acids is 1. The SMILES string of the molecule is CCc1cccc(C)c1N(CCNS(C)(=O)=O)C(C)=O. The maximum Gasteiger partial charge on any atom is 0.223 e. The first kappa shape index (κ1) is 16.7. The second-order valence-electron chi connectivity index (χ2n) is 4.77. The molecule has 6 heteroatoms. The van der Waals surface area contributed by atoms with Crippen LogP contribution in [0.1, 0.15) is 25.0 Å². The Morgan fingerprint density at radius 1 is 1.35 bits per heavy atom. The van der Waals surface area contributed by atoms with Crippen LogP contribution in [0.4, 0.5) is 5.69 Å². The van der Waals surface area contributed by atoms with E-state index >= 15 is 0 Å². The summed E-state index contributed by atoms with van der Waals surface area (Å²) >= 11 is 0. The van der Waals surface area contributed by atoms with Crippen molar-refractivity contribution in [2.45, 2.75) is 27.2 Å². The number of hydrogen-bond donors (Lipinski definition) is 1. The first-order valence-electron chi connectivity index (χ1n) is 6.57. The van der Waals surface area contributed by atoms with E-state index in [0.717, 1.165) is 29.5 Å². The predicted molar refractivity (Wildman–Crippen MR) is 81.4 cm³/mol. The number of benzene rings is 1. The molecule has 112 valence electrons. The highest BCUT2D eigenvalue weighted by molar-refractivity contribution is 7.88. The zero-order chi connectivity index (χ0) is 15.3. The number of amides is 1. The van der Waals surface area contributed by atoms with Crippen LogP contribution in [-0.4, -0.2) is 33.7 Å². The molecule has 20 heavy (non-hydrogen) atoms. The van der Waals surface area contributed by atoms with E-state index in [1.54, 1.807) is 4.90 Å². The minimum atomic E-state index is -3.24. The van der Waals surface area contributed by atoms with Crippen LogP contribution in [0.3, 0.4) is 0 Å². The van der Waals surface area contributed by atoms with E-state index in [-0.39, 0.29) is 12.5 Å². The Balaban J connectivity index is 3.00. The largest absolute Gasteiger partial charge is 0.311 e. The number of aryl methyl sites for hydroxylation is 2. The second kappa shape index (κ2) is 6.85. The van der Waals surface area contributed by atoms with E-state index in [9.17, 15) is 13.2 Å². The monoisotopic (exact) mass is 298 g/mol. The summed E-state index contributed by atoms with van der Waals surface area (Å²) in [5.74, 6) is -0.0932. The van der Waals surface area contributed by atoms with Gasteiger partial charge in [-0.2, -0.15) is 0 Å². The van der Waals surface area contributed by atoms with Crippen LogP contribution in [0, 0.1) is 6.92 Å². The highest BCUT2D eigenvalue weighted by Gasteiger charge is 2.17. The number of nitrogens with zero attached hydrogens (tertiary/aromatic N) is 1. The molecule has 0 heterocycles. The molecule has 1 aromatic rings. The molecule has 5 nitrogen and oxygen atoms in total. The van der Waals surface area contributed by atoms with Gasteiger partial charge < -0.3 is 4.90 Å². The van der Waals surface area contributed by atoms with Crippen LogP contribution in [0.2, 0.25) is 0 Å². The first-order chi connectivity index (χ1) is 9.26. The Labute approximate surface area is 121 Å². The minimum Gasteiger partial charge on any atom is -0.311 e. The van der Waals surface area contributed by atoms with Gasteiger partial charge in [0.25, 0.3) is 0 Å². The predicted octanol–water partition coefficient (Wildman–Crippen LogP) is 1.46. The fourth-order valence-electron chi connectivity index (χ4n) is 2.16. The Morgan fingerprint density at radius 3 is 2.50 bits per heavy atom. The molecule has 1 aromatic carbocycles. The van der Waals surface area contributed by atoms with Gasteiger partial charge in [0.2, 0.25) is 15.9 Å². The summed E-state index contributed by atoms with van der Waals surface area (Å²) in [6, 6.07) is 5.90. The van der Waals surface area contributed by atoms with Gasteiger partial charge in [0.05, 0.1) is 6.26 Å². The summed E-state index contributed by atoms with van der Waals surface area (Å²) in [6.07, 6.45) is 1.93. The van der Waals surface area contributed by atoms with Gasteiger partial charge in [0.15, 0.2) is 0 Å². The van der Waals surface area contributed by atoms with Crippen molar-refractivity contribution in [1.29, 1.82) is 0 Å².